The lowest BCUT2D eigenvalue weighted by Gasteiger charge is -2.14. The third kappa shape index (κ3) is 2.60. The number of carboxylic acids is 1. The van der Waals surface area contributed by atoms with E-state index in [0.717, 1.165) is 18.5 Å². The van der Waals surface area contributed by atoms with Crippen LogP contribution >= 0.6 is 0 Å². The third-order valence-electron chi connectivity index (χ3n) is 1.99. The van der Waals surface area contributed by atoms with Crippen molar-refractivity contribution in [1.82, 2.24) is 4.90 Å². The summed E-state index contributed by atoms with van der Waals surface area (Å²) in [6.45, 7) is 3.65. The largest absolute Gasteiger partial charge is 0.475 e. The SMILES string of the molecule is CCCN(C)Cc1ccoc1C(=O)O. The van der Waals surface area contributed by atoms with Gasteiger partial charge in [-0.2, -0.15) is 0 Å². The minimum Gasteiger partial charge on any atom is -0.475 e. The van der Waals surface area contributed by atoms with Crippen molar-refractivity contribution in [3.05, 3.63) is 23.7 Å². The van der Waals surface area contributed by atoms with E-state index in [9.17, 15) is 4.79 Å². The van der Waals surface area contributed by atoms with Gasteiger partial charge < -0.3 is 14.4 Å². The molecule has 0 aromatic carbocycles. The van der Waals surface area contributed by atoms with Crippen LogP contribution in [0, 0.1) is 0 Å². The maximum absolute atomic E-state index is 10.7. The summed E-state index contributed by atoms with van der Waals surface area (Å²) < 4.78 is 4.88. The van der Waals surface area contributed by atoms with E-state index in [0.29, 0.717) is 6.54 Å². The van der Waals surface area contributed by atoms with Gasteiger partial charge >= 0.3 is 5.97 Å². The average Bonchev–Trinajstić information content (AvgIpc) is 2.52. The molecule has 0 aliphatic heterocycles. The van der Waals surface area contributed by atoms with E-state index < -0.39 is 5.97 Å². The first-order chi connectivity index (χ1) is 6.65. The van der Waals surface area contributed by atoms with Crippen LogP contribution in [0.25, 0.3) is 0 Å². The lowest BCUT2D eigenvalue weighted by atomic mass is 10.2. The zero-order valence-corrected chi connectivity index (χ0v) is 8.49. The number of hydrogen-bond acceptors (Lipinski definition) is 3. The van der Waals surface area contributed by atoms with Gasteiger partial charge in [-0.15, -0.1) is 0 Å². The van der Waals surface area contributed by atoms with E-state index >= 15 is 0 Å². The molecule has 0 saturated heterocycles. The van der Waals surface area contributed by atoms with E-state index in [-0.39, 0.29) is 5.76 Å². The van der Waals surface area contributed by atoms with Gasteiger partial charge in [0.2, 0.25) is 5.76 Å². The highest BCUT2D eigenvalue weighted by Gasteiger charge is 2.14. The number of rotatable bonds is 5. The van der Waals surface area contributed by atoms with E-state index in [1.54, 1.807) is 6.07 Å². The van der Waals surface area contributed by atoms with Gasteiger partial charge in [0.05, 0.1) is 6.26 Å². The molecule has 0 unspecified atom stereocenters. The second-order valence-electron chi connectivity index (χ2n) is 3.32. The standard InChI is InChI=1S/C10H15NO3/c1-3-5-11(2)7-8-4-6-14-9(8)10(12)13/h4,6H,3,5,7H2,1-2H3,(H,12,13). The molecular formula is C10H15NO3. The minimum absolute atomic E-state index is 0.0490. The highest BCUT2D eigenvalue weighted by Crippen LogP contribution is 2.12. The van der Waals surface area contributed by atoms with Gasteiger partial charge in [0.1, 0.15) is 0 Å². The van der Waals surface area contributed by atoms with Crippen molar-refractivity contribution in [2.24, 2.45) is 0 Å². The van der Waals surface area contributed by atoms with Gasteiger partial charge in [-0.3, -0.25) is 0 Å². The molecule has 0 bridgehead atoms. The van der Waals surface area contributed by atoms with E-state index in [1.165, 1.54) is 6.26 Å². The molecule has 0 atom stereocenters. The Morgan fingerprint density at radius 2 is 2.36 bits per heavy atom. The van der Waals surface area contributed by atoms with Crippen molar-refractivity contribution in [2.45, 2.75) is 19.9 Å². The van der Waals surface area contributed by atoms with Crippen molar-refractivity contribution < 1.29 is 14.3 Å². The van der Waals surface area contributed by atoms with Crippen LogP contribution in [0.4, 0.5) is 0 Å². The monoisotopic (exact) mass is 197 g/mol. The fraction of sp³-hybridized carbons (Fsp3) is 0.500. The maximum Gasteiger partial charge on any atom is 0.372 e. The maximum atomic E-state index is 10.7. The Bertz CT molecular complexity index is 306. The Hall–Kier alpha value is -1.29. The first-order valence-electron chi connectivity index (χ1n) is 4.63. The van der Waals surface area contributed by atoms with Crippen molar-refractivity contribution in [3.63, 3.8) is 0 Å². The van der Waals surface area contributed by atoms with Gasteiger partial charge in [-0.25, -0.2) is 4.79 Å². The Morgan fingerprint density at radius 3 is 2.93 bits per heavy atom. The lowest BCUT2D eigenvalue weighted by molar-refractivity contribution is 0.0659. The molecule has 4 heteroatoms. The minimum atomic E-state index is -1.00. The Kier molecular flexibility index (Phi) is 3.71. The molecule has 1 aromatic rings. The summed E-state index contributed by atoms with van der Waals surface area (Å²) in [6, 6.07) is 1.70. The predicted molar refractivity (Wildman–Crippen MR) is 52.3 cm³/mol. The molecule has 1 heterocycles. The molecule has 1 rings (SSSR count). The van der Waals surface area contributed by atoms with Crippen LogP contribution in [0.1, 0.15) is 29.5 Å². The number of hydrogen-bond donors (Lipinski definition) is 1. The van der Waals surface area contributed by atoms with Crippen LogP contribution in [-0.2, 0) is 6.54 Å². The summed E-state index contributed by atoms with van der Waals surface area (Å²) in [5.41, 5.74) is 0.730. The van der Waals surface area contributed by atoms with Crippen LogP contribution in [0.15, 0.2) is 16.7 Å². The average molecular weight is 197 g/mol. The molecule has 78 valence electrons. The molecule has 0 aliphatic rings. The first kappa shape index (κ1) is 10.8. The van der Waals surface area contributed by atoms with Gasteiger partial charge in [0.15, 0.2) is 0 Å². The molecule has 0 fully saturated rings. The van der Waals surface area contributed by atoms with Crippen LogP contribution in [0.3, 0.4) is 0 Å². The summed E-state index contributed by atoms with van der Waals surface area (Å²) in [4.78, 5) is 12.8. The highest BCUT2D eigenvalue weighted by molar-refractivity contribution is 5.86. The zero-order valence-electron chi connectivity index (χ0n) is 8.49. The number of carbonyl (C=O) groups is 1. The van der Waals surface area contributed by atoms with Crippen LogP contribution in [0.2, 0.25) is 0 Å². The van der Waals surface area contributed by atoms with Gasteiger partial charge in [-0.1, -0.05) is 6.92 Å². The van der Waals surface area contributed by atoms with Gasteiger partial charge in [-0.05, 0) is 26.1 Å². The normalized spacial score (nSPS) is 10.8. The number of carboxylic acid groups (broad SMARTS) is 1. The number of nitrogens with zero attached hydrogens (tertiary/aromatic N) is 1. The van der Waals surface area contributed by atoms with Crippen molar-refractivity contribution in [1.29, 1.82) is 0 Å². The van der Waals surface area contributed by atoms with Crippen molar-refractivity contribution in [3.8, 4) is 0 Å². The fourth-order valence-corrected chi connectivity index (χ4v) is 1.40. The zero-order chi connectivity index (χ0) is 10.6. The molecule has 1 aromatic heterocycles. The Labute approximate surface area is 83.1 Å². The number of aromatic carboxylic acids is 1. The molecule has 0 radical (unpaired) electrons. The first-order valence-corrected chi connectivity index (χ1v) is 4.63. The van der Waals surface area contributed by atoms with Gasteiger partial charge in [0, 0.05) is 12.1 Å². The van der Waals surface area contributed by atoms with Crippen molar-refractivity contribution in [2.75, 3.05) is 13.6 Å². The molecule has 14 heavy (non-hydrogen) atoms. The molecule has 0 amide bonds. The molecule has 0 spiro atoms. The van der Waals surface area contributed by atoms with E-state index in [1.807, 2.05) is 7.05 Å². The molecule has 0 aliphatic carbocycles. The number of furan rings is 1. The third-order valence-corrected chi connectivity index (χ3v) is 1.99. The molecule has 4 nitrogen and oxygen atoms in total. The van der Waals surface area contributed by atoms with E-state index in [4.69, 9.17) is 9.52 Å². The highest BCUT2D eigenvalue weighted by atomic mass is 16.4. The second kappa shape index (κ2) is 4.81. The van der Waals surface area contributed by atoms with Crippen LogP contribution < -0.4 is 0 Å². The Morgan fingerprint density at radius 1 is 1.64 bits per heavy atom. The molecular weight excluding hydrogens is 182 g/mol. The lowest BCUT2D eigenvalue weighted by Crippen LogP contribution is -2.19. The van der Waals surface area contributed by atoms with Crippen LogP contribution in [-0.4, -0.2) is 29.6 Å². The van der Waals surface area contributed by atoms with Gasteiger partial charge in [0.25, 0.3) is 0 Å². The molecule has 1 N–H and O–H groups in total. The Balaban J connectivity index is 2.66. The molecule has 0 saturated carbocycles. The second-order valence-corrected chi connectivity index (χ2v) is 3.32. The van der Waals surface area contributed by atoms with E-state index in [2.05, 4.69) is 11.8 Å². The fourth-order valence-electron chi connectivity index (χ4n) is 1.40. The summed E-state index contributed by atoms with van der Waals surface area (Å²) in [5, 5.41) is 8.79. The smallest absolute Gasteiger partial charge is 0.372 e. The van der Waals surface area contributed by atoms with Crippen LogP contribution in [0.5, 0.6) is 0 Å². The summed E-state index contributed by atoms with van der Waals surface area (Å²) >= 11 is 0. The van der Waals surface area contributed by atoms with Crippen molar-refractivity contribution >= 4 is 5.97 Å². The summed E-state index contributed by atoms with van der Waals surface area (Å²) in [6.07, 6.45) is 2.47. The predicted octanol–water partition coefficient (Wildman–Crippen LogP) is 1.82. The summed E-state index contributed by atoms with van der Waals surface area (Å²) in [7, 11) is 1.96. The quantitative estimate of drug-likeness (QED) is 0.782. The topological polar surface area (TPSA) is 53.7 Å². The summed E-state index contributed by atoms with van der Waals surface area (Å²) in [5.74, 6) is -0.956.